The van der Waals surface area contributed by atoms with Gasteiger partial charge in [-0.3, -0.25) is 4.79 Å². The minimum atomic E-state index is 0.0768. The largest absolute Gasteiger partial charge is 0.334 e. The molecule has 1 aromatic rings. The number of hydrazine groups is 1. The van der Waals surface area contributed by atoms with E-state index in [1.165, 1.54) is 0 Å². The highest BCUT2D eigenvalue weighted by Gasteiger charge is 2.30. The van der Waals surface area contributed by atoms with Crippen LogP contribution in [0.3, 0.4) is 0 Å². The van der Waals surface area contributed by atoms with Gasteiger partial charge in [-0.2, -0.15) is 0 Å². The molecule has 2 rings (SSSR count). The molecule has 0 aliphatic carbocycles. The zero-order valence-electron chi connectivity index (χ0n) is 13.1. The molecule has 1 aliphatic heterocycles. The number of anilines is 1. The molecule has 6 nitrogen and oxygen atoms in total. The van der Waals surface area contributed by atoms with E-state index in [-0.39, 0.29) is 5.91 Å². The van der Waals surface area contributed by atoms with Crippen molar-refractivity contribution in [3.63, 3.8) is 0 Å². The third kappa shape index (κ3) is 3.71. The second kappa shape index (κ2) is 6.87. The predicted octanol–water partition coefficient (Wildman–Crippen LogP) is 1.10. The molecular weight excluding hydrogens is 266 g/mol. The Kier molecular flexibility index (Phi) is 5.14. The number of nitrogen functional groups attached to an aromatic ring is 1. The third-order valence-corrected chi connectivity index (χ3v) is 3.85. The number of carbonyl (C=O) groups excluding carboxylic acids is 1. The van der Waals surface area contributed by atoms with Gasteiger partial charge in [0.1, 0.15) is 5.82 Å². The quantitative estimate of drug-likeness (QED) is 0.627. The number of aromatic nitrogens is 1. The molecule has 1 aliphatic rings. The topological polar surface area (TPSA) is 74.5 Å². The fourth-order valence-corrected chi connectivity index (χ4v) is 2.85. The molecule has 0 bridgehead atoms. The Morgan fingerprint density at radius 3 is 2.90 bits per heavy atom. The van der Waals surface area contributed by atoms with Crippen molar-refractivity contribution in [3.8, 4) is 0 Å². The van der Waals surface area contributed by atoms with Gasteiger partial charge in [0.05, 0.1) is 0 Å². The van der Waals surface area contributed by atoms with E-state index in [2.05, 4.69) is 15.3 Å². The first-order valence-corrected chi connectivity index (χ1v) is 7.48. The maximum Gasteiger partial charge on any atom is 0.254 e. The summed E-state index contributed by atoms with van der Waals surface area (Å²) in [5.41, 5.74) is 4.08. The van der Waals surface area contributed by atoms with Crippen molar-refractivity contribution >= 4 is 11.7 Å². The first-order valence-electron chi connectivity index (χ1n) is 7.48. The van der Waals surface area contributed by atoms with E-state index in [0.29, 0.717) is 17.4 Å². The fourth-order valence-electron chi connectivity index (χ4n) is 2.85. The number of nitrogens with two attached hydrogens (primary N) is 1. The Bertz CT molecular complexity index is 481. The van der Waals surface area contributed by atoms with Gasteiger partial charge < -0.3 is 15.2 Å². The molecule has 6 heteroatoms. The molecule has 1 aromatic heterocycles. The lowest BCUT2D eigenvalue weighted by Crippen LogP contribution is -2.41. The Labute approximate surface area is 126 Å². The summed E-state index contributed by atoms with van der Waals surface area (Å²) >= 11 is 0. The molecule has 116 valence electrons. The number of carbonyl (C=O) groups is 1. The summed E-state index contributed by atoms with van der Waals surface area (Å²) in [6.07, 6.45) is 2.91. The molecule has 1 atom stereocenters. The van der Waals surface area contributed by atoms with Crippen LogP contribution >= 0.6 is 0 Å². The first kappa shape index (κ1) is 15.7. The van der Waals surface area contributed by atoms with Crippen LogP contribution in [0.5, 0.6) is 0 Å². The van der Waals surface area contributed by atoms with Crippen LogP contribution in [0.25, 0.3) is 0 Å². The van der Waals surface area contributed by atoms with Crippen LogP contribution in [0.15, 0.2) is 12.1 Å². The second-order valence-electron chi connectivity index (χ2n) is 5.79. The highest BCUT2D eigenvalue weighted by Crippen LogP contribution is 2.22. The minimum absolute atomic E-state index is 0.0768. The summed E-state index contributed by atoms with van der Waals surface area (Å²) in [6.45, 7) is 3.74. The molecule has 1 fully saturated rings. The van der Waals surface area contributed by atoms with Crippen molar-refractivity contribution in [2.24, 2.45) is 5.84 Å². The number of pyridine rings is 1. The Hall–Kier alpha value is -1.66. The SMILES string of the molecule is CCc1cc(C(=O)N2CCCC2CN(C)C)cc(NN)n1. The average Bonchev–Trinajstić information content (AvgIpc) is 2.93. The lowest BCUT2D eigenvalue weighted by Gasteiger charge is -2.27. The molecular formula is C15H25N5O. The van der Waals surface area contributed by atoms with Gasteiger partial charge in [-0.05, 0) is 45.5 Å². The molecule has 0 aromatic carbocycles. The molecule has 2 heterocycles. The van der Waals surface area contributed by atoms with E-state index in [1.54, 1.807) is 6.07 Å². The molecule has 3 N–H and O–H groups in total. The summed E-state index contributed by atoms with van der Waals surface area (Å²) in [5, 5.41) is 0. The number of amides is 1. The minimum Gasteiger partial charge on any atom is -0.334 e. The number of nitrogens with zero attached hydrogens (tertiary/aromatic N) is 3. The van der Waals surface area contributed by atoms with Crippen LogP contribution in [0, 0.1) is 0 Å². The van der Waals surface area contributed by atoms with Gasteiger partial charge in [-0.25, -0.2) is 10.8 Å². The smallest absolute Gasteiger partial charge is 0.254 e. The van der Waals surface area contributed by atoms with E-state index in [0.717, 1.165) is 38.0 Å². The number of rotatable bonds is 5. The highest BCUT2D eigenvalue weighted by molar-refractivity contribution is 5.95. The molecule has 1 saturated heterocycles. The zero-order valence-corrected chi connectivity index (χ0v) is 13.1. The van der Waals surface area contributed by atoms with E-state index in [4.69, 9.17) is 5.84 Å². The van der Waals surface area contributed by atoms with Crippen LogP contribution in [0.2, 0.25) is 0 Å². The van der Waals surface area contributed by atoms with Gasteiger partial charge in [0.15, 0.2) is 0 Å². The van der Waals surface area contributed by atoms with Gasteiger partial charge in [-0.1, -0.05) is 6.92 Å². The van der Waals surface area contributed by atoms with Crippen LogP contribution < -0.4 is 11.3 Å². The van der Waals surface area contributed by atoms with E-state index < -0.39 is 0 Å². The maximum atomic E-state index is 12.8. The molecule has 0 spiro atoms. The fraction of sp³-hybridized carbons (Fsp3) is 0.600. The van der Waals surface area contributed by atoms with Gasteiger partial charge in [-0.15, -0.1) is 0 Å². The van der Waals surface area contributed by atoms with E-state index in [9.17, 15) is 4.79 Å². The molecule has 1 unspecified atom stereocenters. The second-order valence-corrected chi connectivity index (χ2v) is 5.79. The van der Waals surface area contributed by atoms with Crippen LogP contribution in [-0.4, -0.2) is 53.9 Å². The number of hydrogen-bond acceptors (Lipinski definition) is 5. The number of hydrogen-bond donors (Lipinski definition) is 2. The molecule has 21 heavy (non-hydrogen) atoms. The lowest BCUT2D eigenvalue weighted by molar-refractivity contribution is 0.0716. The van der Waals surface area contributed by atoms with Gasteiger partial charge in [0, 0.05) is 30.4 Å². The molecule has 1 amide bonds. The van der Waals surface area contributed by atoms with Gasteiger partial charge >= 0.3 is 0 Å². The third-order valence-electron chi connectivity index (χ3n) is 3.85. The van der Waals surface area contributed by atoms with Crippen molar-refractivity contribution < 1.29 is 4.79 Å². The predicted molar refractivity (Wildman–Crippen MR) is 84.0 cm³/mol. The van der Waals surface area contributed by atoms with Crippen LogP contribution in [-0.2, 0) is 6.42 Å². The molecule has 0 saturated carbocycles. The Morgan fingerprint density at radius 2 is 2.29 bits per heavy atom. The molecule has 0 radical (unpaired) electrons. The van der Waals surface area contributed by atoms with Crippen LogP contribution in [0.1, 0.15) is 35.8 Å². The Morgan fingerprint density at radius 1 is 1.52 bits per heavy atom. The number of likely N-dealkylation sites (N-methyl/N-ethyl adjacent to an activating group) is 1. The number of aryl methyl sites for hydroxylation is 1. The van der Waals surface area contributed by atoms with Gasteiger partial charge in [0.2, 0.25) is 0 Å². The Balaban J connectivity index is 2.22. The van der Waals surface area contributed by atoms with E-state index in [1.807, 2.05) is 32.0 Å². The maximum absolute atomic E-state index is 12.8. The van der Waals surface area contributed by atoms with E-state index >= 15 is 0 Å². The normalized spacial score (nSPS) is 18.3. The van der Waals surface area contributed by atoms with Crippen molar-refractivity contribution in [2.45, 2.75) is 32.2 Å². The lowest BCUT2D eigenvalue weighted by atomic mass is 10.1. The first-order chi connectivity index (χ1) is 10.0. The van der Waals surface area contributed by atoms with Gasteiger partial charge in [0.25, 0.3) is 5.91 Å². The van der Waals surface area contributed by atoms with Crippen molar-refractivity contribution in [2.75, 3.05) is 32.6 Å². The standard InChI is InChI=1S/C15H25N5O/c1-4-12-8-11(9-14(17-12)18-16)15(21)20-7-5-6-13(20)10-19(2)3/h8-9,13H,4-7,10,16H2,1-3H3,(H,17,18). The van der Waals surface area contributed by atoms with Crippen molar-refractivity contribution in [3.05, 3.63) is 23.4 Å². The summed E-state index contributed by atoms with van der Waals surface area (Å²) in [4.78, 5) is 21.2. The summed E-state index contributed by atoms with van der Waals surface area (Å²) in [7, 11) is 4.08. The summed E-state index contributed by atoms with van der Waals surface area (Å²) in [6, 6.07) is 3.89. The zero-order chi connectivity index (χ0) is 15.4. The number of nitrogens with one attached hydrogen (secondary N) is 1. The number of likely N-dealkylation sites (tertiary alicyclic amines) is 1. The average molecular weight is 291 g/mol. The van der Waals surface area contributed by atoms with Crippen LogP contribution in [0.4, 0.5) is 5.82 Å². The highest BCUT2D eigenvalue weighted by atomic mass is 16.2. The summed E-state index contributed by atoms with van der Waals surface area (Å²) in [5.74, 6) is 6.06. The van der Waals surface area contributed by atoms with Crippen molar-refractivity contribution in [1.29, 1.82) is 0 Å². The monoisotopic (exact) mass is 291 g/mol. The summed E-state index contributed by atoms with van der Waals surface area (Å²) < 4.78 is 0. The van der Waals surface area contributed by atoms with Crippen molar-refractivity contribution in [1.82, 2.24) is 14.8 Å².